The molecular weight excluding hydrogens is 312 g/mol. The van der Waals surface area contributed by atoms with Crippen LogP contribution in [-0.2, 0) is 11.8 Å². The van der Waals surface area contributed by atoms with E-state index in [0.29, 0.717) is 23.4 Å². The van der Waals surface area contributed by atoms with Gasteiger partial charge in [-0.05, 0) is 37.8 Å². The Balaban J connectivity index is 1.63. The summed E-state index contributed by atoms with van der Waals surface area (Å²) in [5.41, 5.74) is 0. The fourth-order valence-corrected chi connectivity index (χ4v) is 3.82. The van der Waals surface area contributed by atoms with Gasteiger partial charge in [0.1, 0.15) is 0 Å². The Kier molecular flexibility index (Phi) is 5.05. The topological polar surface area (TPSA) is 64.2 Å². The Morgan fingerprint density at radius 1 is 1.43 bits per heavy atom. The maximum absolute atomic E-state index is 12.5. The number of carbonyl (C=O) groups is 1. The maximum atomic E-state index is 12.5. The summed E-state index contributed by atoms with van der Waals surface area (Å²) in [5.74, 6) is 1.96. The zero-order valence-electron chi connectivity index (χ0n) is 13.6. The van der Waals surface area contributed by atoms with E-state index in [1.54, 1.807) is 6.26 Å². The second-order valence-corrected chi connectivity index (χ2v) is 6.72. The van der Waals surface area contributed by atoms with E-state index >= 15 is 0 Å². The number of hydrogen-bond acceptors (Lipinski definition) is 5. The Morgan fingerprint density at radius 3 is 3.04 bits per heavy atom. The lowest BCUT2D eigenvalue weighted by Gasteiger charge is -2.35. The van der Waals surface area contributed by atoms with Crippen LogP contribution >= 0.6 is 11.8 Å². The van der Waals surface area contributed by atoms with Gasteiger partial charge >= 0.3 is 0 Å². The van der Waals surface area contributed by atoms with Crippen LogP contribution in [0.1, 0.15) is 32.6 Å². The van der Waals surface area contributed by atoms with Crippen molar-refractivity contribution in [1.82, 2.24) is 19.7 Å². The lowest BCUT2D eigenvalue weighted by atomic mass is 10.0. The largest absolute Gasteiger partial charge is 0.461 e. The number of thioether (sulfide) groups is 1. The van der Waals surface area contributed by atoms with Crippen LogP contribution in [0.5, 0.6) is 0 Å². The predicted molar refractivity (Wildman–Crippen MR) is 89.1 cm³/mol. The van der Waals surface area contributed by atoms with Crippen molar-refractivity contribution in [3.8, 4) is 11.6 Å². The molecule has 3 heterocycles. The molecule has 0 N–H and O–H groups in total. The summed E-state index contributed by atoms with van der Waals surface area (Å²) >= 11 is 1.44. The molecule has 7 heteroatoms. The monoisotopic (exact) mass is 334 g/mol. The summed E-state index contributed by atoms with van der Waals surface area (Å²) in [5, 5.41) is 9.06. The molecule has 0 unspecified atom stereocenters. The third-order valence-corrected chi connectivity index (χ3v) is 5.32. The Bertz CT molecular complexity index is 653. The molecule has 0 spiro atoms. The van der Waals surface area contributed by atoms with Crippen molar-refractivity contribution in [2.75, 3.05) is 12.3 Å². The molecule has 1 atom stereocenters. The second kappa shape index (κ2) is 7.21. The average molecular weight is 334 g/mol. The van der Waals surface area contributed by atoms with Gasteiger partial charge in [0.2, 0.25) is 5.91 Å². The quantitative estimate of drug-likeness (QED) is 0.787. The van der Waals surface area contributed by atoms with Gasteiger partial charge in [-0.1, -0.05) is 18.7 Å². The molecule has 23 heavy (non-hydrogen) atoms. The number of nitrogens with zero attached hydrogens (tertiary/aromatic N) is 4. The van der Waals surface area contributed by atoms with E-state index in [4.69, 9.17) is 4.42 Å². The van der Waals surface area contributed by atoms with Crippen molar-refractivity contribution in [1.29, 1.82) is 0 Å². The van der Waals surface area contributed by atoms with Gasteiger partial charge in [-0.3, -0.25) is 4.79 Å². The van der Waals surface area contributed by atoms with Gasteiger partial charge in [-0.2, -0.15) is 0 Å². The molecule has 1 saturated heterocycles. The molecule has 0 aliphatic carbocycles. The van der Waals surface area contributed by atoms with Crippen molar-refractivity contribution in [3.05, 3.63) is 18.4 Å². The molecule has 3 rings (SSSR count). The minimum absolute atomic E-state index is 0.198. The first kappa shape index (κ1) is 16.1. The van der Waals surface area contributed by atoms with Gasteiger partial charge in [0, 0.05) is 19.6 Å². The summed E-state index contributed by atoms with van der Waals surface area (Å²) in [7, 11) is 1.89. The fraction of sp³-hybridized carbons (Fsp3) is 0.562. The Labute approximate surface area is 140 Å². The highest BCUT2D eigenvalue weighted by Crippen LogP contribution is 2.25. The van der Waals surface area contributed by atoms with Gasteiger partial charge in [0.25, 0.3) is 0 Å². The lowest BCUT2D eigenvalue weighted by Crippen LogP contribution is -2.44. The zero-order valence-corrected chi connectivity index (χ0v) is 14.4. The van der Waals surface area contributed by atoms with Crippen LogP contribution in [0.25, 0.3) is 11.6 Å². The van der Waals surface area contributed by atoms with E-state index in [1.807, 2.05) is 28.6 Å². The highest BCUT2D eigenvalue weighted by molar-refractivity contribution is 7.99. The third-order valence-electron chi connectivity index (χ3n) is 4.32. The van der Waals surface area contributed by atoms with Crippen LogP contribution in [0.3, 0.4) is 0 Å². The first-order chi connectivity index (χ1) is 11.2. The average Bonchev–Trinajstić information content (AvgIpc) is 3.22. The molecule has 1 amide bonds. The van der Waals surface area contributed by atoms with Gasteiger partial charge in [-0.25, -0.2) is 0 Å². The van der Waals surface area contributed by atoms with Crippen molar-refractivity contribution < 1.29 is 9.21 Å². The molecule has 1 fully saturated rings. The highest BCUT2D eigenvalue weighted by Gasteiger charge is 2.25. The van der Waals surface area contributed by atoms with Gasteiger partial charge in [0.05, 0.1) is 12.0 Å². The molecule has 0 aromatic carbocycles. The van der Waals surface area contributed by atoms with Crippen LogP contribution in [0.15, 0.2) is 28.0 Å². The van der Waals surface area contributed by atoms with Crippen molar-refractivity contribution in [3.63, 3.8) is 0 Å². The van der Waals surface area contributed by atoms with Crippen LogP contribution in [-0.4, -0.2) is 43.9 Å². The normalized spacial score (nSPS) is 18.3. The van der Waals surface area contributed by atoms with Crippen LogP contribution in [0.2, 0.25) is 0 Å². The molecular formula is C16H22N4O2S. The second-order valence-electron chi connectivity index (χ2n) is 5.78. The first-order valence-corrected chi connectivity index (χ1v) is 9.04. The van der Waals surface area contributed by atoms with E-state index in [9.17, 15) is 4.79 Å². The molecule has 0 saturated carbocycles. The molecule has 6 nitrogen and oxygen atoms in total. The Morgan fingerprint density at radius 2 is 2.30 bits per heavy atom. The minimum atomic E-state index is 0.198. The standard InChI is InChI=1S/C16H22N4O2S/c1-3-12-7-4-5-9-20(12)14(21)11-23-16-18-17-15(19(16)2)13-8-6-10-22-13/h6,8,10,12H,3-5,7,9,11H2,1-2H3/t12-/m0/s1. The van der Waals surface area contributed by atoms with E-state index < -0.39 is 0 Å². The van der Waals surface area contributed by atoms with Crippen molar-refractivity contribution >= 4 is 17.7 Å². The predicted octanol–water partition coefficient (Wildman–Crippen LogP) is 2.96. The van der Waals surface area contributed by atoms with Crippen molar-refractivity contribution in [2.24, 2.45) is 7.05 Å². The number of amides is 1. The fourth-order valence-electron chi connectivity index (χ4n) is 3.02. The van der Waals surface area contributed by atoms with Gasteiger partial charge in [0.15, 0.2) is 16.7 Å². The summed E-state index contributed by atoms with van der Waals surface area (Å²) in [4.78, 5) is 14.6. The molecule has 1 aliphatic heterocycles. The lowest BCUT2D eigenvalue weighted by molar-refractivity contribution is -0.132. The maximum Gasteiger partial charge on any atom is 0.233 e. The van der Waals surface area contributed by atoms with Crippen LogP contribution < -0.4 is 0 Å². The third kappa shape index (κ3) is 3.44. The molecule has 2 aromatic rings. The zero-order chi connectivity index (χ0) is 16.2. The molecule has 0 radical (unpaired) electrons. The van der Waals surface area contributed by atoms with Crippen molar-refractivity contribution in [2.45, 2.75) is 43.8 Å². The number of likely N-dealkylation sites (tertiary alicyclic amines) is 1. The summed E-state index contributed by atoms with van der Waals surface area (Å²) in [6.45, 7) is 3.04. The molecule has 0 bridgehead atoms. The van der Waals surface area contributed by atoms with Crippen LogP contribution in [0, 0.1) is 0 Å². The van der Waals surface area contributed by atoms with E-state index in [-0.39, 0.29) is 5.91 Å². The number of piperidine rings is 1. The molecule has 2 aromatic heterocycles. The summed E-state index contributed by atoms with van der Waals surface area (Å²) in [6.07, 6.45) is 6.11. The number of furan rings is 1. The number of hydrogen-bond donors (Lipinski definition) is 0. The number of rotatable bonds is 5. The smallest absolute Gasteiger partial charge is 0.233 e. The van der Waals surface area contributed by atoms with Crippen LogP contribution in [0.4, 0.5) is 0 Å². The minimum Gasteiger partial charge on any atom is -0.461 e. The molecule has 124 valence electrons. The first-order valence-electron chi connectivity index (χ1n) is 8.06. The summed E-state index contributed by atoms with van der Waals surface area (Å²) in [6, 6.07) is 4.07. The van der Waals surface area contributed by atoms with Gasteiger partial charge < -0.3 is 13.9 Å². The highest BCUT2D eigenvalue weighted by atomic mass is 32.2. The summed E-state index contributed by atoms with van der Waals surface area (Å²) < 4.78 is 7.22. The number of aromatic nitrogens is 3. The van der Waals surface area contributed by atoms with Gasteiger partial charge in [-0.15, -0.1) is 10.2 Å². The van der Waals surface area contributed by atoms with E-state index in [2.05, 4.69) is 17.1 Å². The molecule has 1 aliphatic rings. The Hall–Kier alpha value is -1.76. The number of carbonyl (C=O) groups excluding carboxylic acids is 1. The SMILES string of the molecule is CC[C@H]1CCCCN1C(=O)CSc1nnc(-c2ccco2)n1C. The van der Waals surface area contributed by atoms with E-state index in [1.165, 1.54) is 18.2 Å². The van der Waals surface area contributed by atoms with E-state index in [0.717, 1.165) is 31.0 Å².